The molecule has 0 aromatic carbocycles. The molecule has 0 fully saturated rings. The summed E-state index contributed by atoms with van der Waals surface area (Å²) in [4.78, 5) is 15.3. The topological polar surface area (TPSA) is 60.9 Å². The molecule has 76 valence electrons. The Balaban J connectivity index is 2.59. The van der Waals surface area contributed by atoms with Gasteiger partial charge in [0, 0.05) is 6.20 Å². The number of nitrogens with zero attached hydrogens (tertiary/aromatic N) is 2. The van der Waals surface area contributed by atoms with Crippen molar-refractivity contribution in [2.24, 2.45) is 0 Å². The molecule has 0 radical (unpaired) electrons. The molecule has 0 aliphatic carbocycles. The maximum atomic E-state index is 12.6. The van der Waals surface area contributed by atoms with Crippen molar-refractivity contribution in [2.75, 3.05) is 5.73 Å². The fourth-order valence-corrected chi connectivity index (χ4v) is 1.20. The highest BCUT2D eigenvalue weighted by Gasteiger charge is 2.02. The van der Waals surface area contributed by atoms with Crippen LogP contribution in [0.4, 0.5) is 10.1 Å². The first-order chi connectivity index (χ1) is 7.18. The third-order valence-corrected chi connectivity index (χ3v) is 1.94. The van der Waals surface area contributed by atoms with Gasteiger partial charge in [0.25, 0.3) is 5.56 Å². The first kappa shape index (κ1) is 9.39. The van der Waals surface area contributed by atoms with Gasteiger partial charge in [0.05, 0.1) is 11.9 Å². The summed E-state index contributed by atoms with van der Waals surface area (Å²) >= 11 is 0. The van der Waals surface area contributed by atoms with Gasteiger partial charge in [0.2, 0.25) is 0 Å². The van der Waals surface area contributed by atoms with Crippen molar-refractivity contribution in [3.63, 3.8) is 0 Å². The van der Waals surface area contributed by atoms with Crippen LogP contribution in [0.1, 0.15) is 0 Å². The lowest BCUT2D eigenvalue weighted by molar-refractivity contribution is 0.620. The van der Waals surface area contributed by atoms with E-state index in [0.29, 0.717) is 5.82 Å². The summed E-state index contributed by atoms with van der Waals surface area (Å²) in [5.74, 6) is -0.107. The standard InChI is InChI=1S/C10H8FN3O/c11-7-3-4-9(13-6-7)14-5-1-2-8(12)10(14)15/h1-6H,12H2. The molecule has 2 rings (SSSR count). The fraction of sp³-hybridized carbons (Fsp3) is 0. The van der Waals surface area contributed by atoms with Gasteiger partial charge in [-0.15, -0.1) is 0 Å². The van der Waals surface area contributed by atoms with E-state index < -0.39 is 5.82 Å². The van der Waals surface area contributed by atoms with Crippen LogP contribution in [0.25, 0.3) is 5.82 Å². The highest BCUT2D eigenvalue weighted by Crippen LogP contribution is 2.03. The Kier molecular flexibility index (Phi) is 2.21. The third-order valence-electron chi connectivity index (χ3n) is 1.94. The lowest BCUT2D eigenvalue weighted by Crippen LogP contribution is -2.21. The highest BCUT2D eigenvalue weighted by atomic mass is 19.1. The van der Waals surface area contributed by atoms with E-state index in [0.717, 1.165) is 6.20 Å². The molecule has 0 saturated carbocycles. The molecule has 4 nitrogen and oxygen atoms in total. The Hall–Kier alpha value is -2.17. The molecule has 2 N–H and O–H groups in total. The maximum Gasteiger partial charge on any atom is 0.279 e. The van der Waals surface area contributed by atoms with E-state index >= 15 is 0 Å². The van der Waals surface area contributed by atoms with Gasteiger partial charge < -0.3 is 5.73 Å². The van der Waals surface area contributed by atoms with Crippen molar-refractivity contribution >= 4 is 5.69 Å². The molecule has 0 aliphatic rings. The number of hydrogen-bond acceptors (Lipinski definition) is 3. The molecule has 0 spiro atoms. The summed E-state index contributed by atoms with van der Waals surface area (Å²) in [6, 6.07) is 5.78. The largest absolute Gasteiger partial charge is 0.394 e. The summed E-state index contributed by atoms with van der Waals surface area (Å²) in [5.41, 5.74) is 5.22. The van der Waals surface area contributed by atoms with E-state index in [9.17, 15) is 9.18 Å². The van der Waals surface area contributed by atoms with Crippen LogP contribution in [0, 0.1) is 5.82 Å². The number of nitrogens with two attached hydrogens (primary N) is 1. The Morgan fingerprint density at radius 3 is 2.80 bits per heavy atom. The summed E-state index contributed by atoms with van der Waals surface area (Å²) in [7, 11) is 0. The quantitative estimate of drug-likeness (QED) is 0.754. The van der Waals surface area contributed by atoms with Crippen LogP contribution in [-0.2, 0) is 0 Å². The molecular formula is C10H8FN3O. The van der Waals surface area contributed by atoms with E-state index in [1.807, 2.05) is 0 Å². The van der Waals surface area contributed by atoms with Crippen LogP contribution in [0.15, 0.2) is 41.5 Å². The van der Waals surface area contributed by atoms with E-state index in [1.54, 1.807) is 6.07 Å². The number of halogens is 1. The van der Waals surface area contributed by atoms with Gasteiger partial charge in [-0.2, -0.15) is 0 Å². The Morgan fingerprint density at radius 1 is 1.33 bits per heavy atom. The minimum atomic E-state index is -0.448. The molecule has 5 heteroatoms. The van der Waals surface area contributed by atoms with Crippen molar-refractivity contribution < 1.29 is 4.39 Å². The molecule has 0 unspecified atom stereocenters. The highest BCUT2D eigenvalue weighted by molar-refractivity contribution is 5.37. The summed E-state index contributed by atoms with van der Waals surface area (Å²) < 4.78 is 13.9. The van der Waals surface area contributed by atoms with Gasteiger partial charge in [-0.05, 0) is 24.3 Å². The average molecular weight is 205 g/mol. The predicted octanol–water partition coefficient (Wildman–Crippen LogP) is 0.954. The van der Waals surface area contributed by atoms with Crippen molar-refractivity contribution in [3.8, 4) is 5.82 Å². The third kappa shape index (κ3) is 1.71. The first-order valence-electron chi connectivity index (χ1n) is 4.27. The van der Waals surface area contributed by atoms with Gasteiger partial charge in [0.1, 0.15) is 11.6 Å². The van der Waals surface area contributed by atoms with Gasteiger partial charge in [0.15, 0.2) is 0 Å². The number of aromatic nitrogens is 2. The Morgan fingerprint density at radius 2 is 2.13 bits per heavy atom. The molecular weight excluding hydrogens is 197 g/mol. The molecule has 0 bridgehead atoms. The second-order valence-corrected chi connectivity index (χ2v) is 2.97. The van der Waals surface area contributed by atoms with Crippen LogP contribution in [-0.4, -0.2) is 9.55 Å². The minimum absolute atomic E-state index is 0.128. The van der Waals surface area contributed by atoms with E-state index in [2.05, 4.69) is 4.98 Å². The lowest BCUT2D eigenvalue weighted by Gasteiger charge is -2.04. The second-order valence-electron chi connectivity index (χ2n) is 2.97. The molecule has 2 aromatic rings. The van der Waals surface area contributed by atoms with E-state index in [1.165, 1.54) is 29.0 Å². The van der Waals surface area contributed by atoms with E-state index in [-0.39, 0.29) is 11.2 Å². The lowest BCUT2D eigenvalue weighted by atomic mass is 10.4. The average Bonchev–Trinajstić information content (AvgIpc) is 2.24. The van der Waals surface area contributed by atoms with Crippen LogP contribution in [0.3, 0.4) is 0 Å². The summed E-state index contributed by atoms with van der Waals surface area (Å²) in [5, 5.41) is 0. The molecule has 2 aromatic heterocycles. The van der Waals surface area contributed by atoms with Crippen molar-refractivity contribution in [2.45, 2.75) is 0 Å². The number of rotatable bonds is 1. The fourth-order valence-electron chi connectivity index (χ4n) is 1.20. The van der Waals surface area contributed by atoms with Gasteiger partial charge in [-0.3, -0.25) is 9.36 Å². The van der Waals surface area contributed by atoms with Gasteiger partial charge in [-0.25, -0.2) is 9.37 Å². The number of nitrogen functional groups attached to an aromatic ring is 1. The molecule has 0 aliphatic heterocycles. The van der Waals surface area contributed by atoms with Gasteiger partial charge >= 0.3 is 0 Å². The van der Waals surface area contributed by atoms with Crippen molar-refractivity contribution in [1.29, 1.82) is 0 Å². The number of hydrogen-bond donors (Lipinski definition) is 1. The van der Waals surface area contributed by atoms with Crippen LogP contribution >= 0.6 is 0 Å². The SMILES string of the molecule is Nc1cccn(-c2ccc(F)cn2)c1=O. The normalized spacial score (nSPS) is 10.2. The molecule has 2 heterocycles. The Bertz CT molecular complexity index is 533. The zero-order chi connectivity index (χ0) is 10.8. The van der Waals surface area contributed by atoms with Crippen molar-refractivity contribution in [3.05, 3.63) is 52.8 Å². The smallest absolute Gasteiger partial charge is 0.279 e. The molecule has 0 atom stereocenters. The van der Waals surface area contributed by atoms with Crippen LogP contribution in [0.5, 0.6) is 0 Å². The summed E-state index contributed by atoms with van der Waals surface area (Å²) in [6.07, 6.45) is 2.57. The maximum absolute atomic E-state index is 12.6. The second kappa shape index (κ2) is 3.53. The zero-order valence-corrected chi connectivity index (χ0v) is 7.72. The van der Waals surface area contributed by atoms with Gasteiger partial charge in [-0.1, -0.05) is 0 Å². The summed E-state index contributed by atoms with van der Waals surface area (Å²) in [6.45, 7) is 0. The molecule has 0 amide bonds. The molecule has 0 saturated heterocycles. The van der Waals surface area contributed by atoms with E-state index in [4.69, 9.17) is 5.73 Å². The van der Waals surface area contributed by atoms with Crippen molar-refractivity contribution in [1.82, 2.24) is 9.55 Å². The van der Waals surface area contributed by atoms with Crippen LogP contribution in [0.2, 0.25) is 0 Å². The molecule has 15 heavy (non-hydrogen) atoms. The van der Waals surface area contributed by atoms with Crippen LogP contribution < -0.4 is 11.3 Å². The zero-order valence-electron chi connectivity index (χ0n) is 7.72. The Labute approximate surface area is 84.8 Å². The number of pyridine rings is 2. The monoisotopic (exact) mass is 205 g/mol. The predicted molar refractivity (Wildman–Crippen MR) is 54.2 cm³/mol. The number of anilines is 1. The minimum Gasteiger partial charge on any atom is -0.394 e. The first-order valence-corrected chi connectivity index (χ1v) is 4.27.